The minimum atomic E-state index is -1.24. The van der Waals surface area contributed by atoms with Crippen LogP contribution < -0.4 is 16.0 Å². The van der Waals surface area contributed by atoms with Gasteiger partial charge < -0.3 is 26.2 Å². The molecule has 0 aliphatic heterocycles. The van der Waals surface area contributed by atoms with Crippen molar-refractivity contribution in [2.24, 2.45) is 0 Å². The van der Waals surface area contributed by atoms with Gasteiger partial charge >= 0.3 is 11.9 Å². The van der Waals surface area contributed by atoms with Crippen LogP contribution in [0.3, 0.4) is 0 Å². The number of amides is 3. The summed E-state index contributed by atoms with van der Waals surface area (Å²) in [5, 5.41) is 26.6. The highest BCUT2D eigenvalue weighted by Crippen LogP contribution is 2.10. The highest BCUT2D eigenvalue weighted by atomic mass is 16.4. The van der Waals surface area contributed by atoms with E-state index in [1.54, 1.807) is 0 Å². The summed E-state index contributed by atoms with van der Waals surface area (Å²) >= 11 is 0. The Labute approximate surface area is 241 Å². The minimum absolute atomic E-state index is 0.0444. The molecule has 0 aliphatic carbocycles. The predicted octanol–water partition coefficient (Wildman–Crippen LogP) is 0.856. The van der Waals surface area contributed by atoms with E-state index in [0.29, 0.717) is 38.6 Å². The molecule has 2 unspecified atom stereocenters. The standard InChI is InChI=1S/C29H42N4O8/c1-4-6-7-8-9-10-17-26(36)30-18-13-11-15-23(32-25(35)5-2)28(39)31-19-14-12-16-24(29(40)41)33(20-22(3)34)21-27(37)38/h5,23-24H,2,4,6,11-21H2,1,3H3,(H,30,36)(H,31,39)(H,32,35)(H,37,38)(H,40,41). The molecule has 0 heterocycles. The highest BCUT2D eigenvalue weighted by Gasteiger charge is 2.28. The molecule has 2 atom stereocenters. The molecule has 0 spiro atoms. The Balaban J connectivity index is 4.64. The zero-order valence-corrected chi connectivity index (χ0v) is 23.9. The second-order valence-corrected chi connectivity index (χ2v) is 9.28. The summed E-state index contributed by atoms with van der Waals surface area (Å²) in [7, 11) is 0. The Morgan fingerprint density at radius 2 is 1.54 bits per heavy atom. The zero-order valence-electron chi connectivity index (χ0n) is 23.9. The lowest BCUT2D eigenvalue weighted by atomic mass is 10.1. The number of nitrogens with zero attached hydrogens (tertiary/aromatic N) is 1. The maximum absolute atomic E-state index is 12.7. The average molecular weight is 575 g/mol. The van der Waals surface area contributed by atoms with Crippen LogP contribution in [0.15, 0.2) is 12.7 Å². The number of hydrogen-bond donors (Lipinski definition) is 5. The monoisotopic (exact) mass is 574 g/mol. The molecule has 5 N–H and O–H groups in total. The van der Waals surface area contributed by atoms with Gasteiger partial charge in [0.25, 0.3) is 0 Å². The first-order valence-corrected chi connectivity index (χ1v) is 13.6. The van der Waals surface area contributed by atoms with Crippen molar-refractivity contribution in [3.63, 3.8) is 0 Å². The molecule has 0 aliphatic rings. The maximum atomic E-state index is 12.7. The number of unbranched alkanes of at least 4 members (excludes halogenated alkanes) is 3. The number of carboxylic acid groups (broad SMARTS) is 2. The molecule has 0 fully saturated rings. The van der Waals surface area contributed by atoms with Gasteiger partial charge in [0.05, 0.1) is 19.5 Å². The third-order valence-electron chi connectivity index (χ3n) is 5.62. The highest BCUT2D eigenvalue weighted by molar-refractivity contribution is 5.92. The molecule has 0 saturated heterocycles. The van der Waals surface area contributed by atoms with Crippen molar-refractivity contribution in [2.45, 2.75) is 83.7 Å². The molecule has 0 aromatic rings. The molecule has 226 valence electrons. The number of carboxylic acids is 2. The van der Waals surface area contributed by atoms with E-state index >= 15 is 0 Å². The van der Waals surface area contributed by atoms with Crippen LogP contribution in [-0.4, -0.2) is 88.8 Å². The molecule has 0 aromatic carbocycles. The van der Waals surface area contributed by atoms with Crippen molar-refractivity contribution >= 4 is 35.4 Å². The minimum Gasteiger partial charge on any atom is -0.480 e. The Kier molecular flexibility index (Phi) is 20.3. The van der Waals surface area contributed by atoms with E-state index in [9.17, 15) is 33.9 Å². The summed E-state index contributed by atoms with van der Waals surface area (Å²) in [4.78, 5) is 71.6. The fraction of sp³-hybridized carbons (Fsp3) is 0.586. The van der Waals surface area contributed by atoms with E-state index in [1.165, 1.54) is 6.92 Å². The van der Waals surface area contributed by atoms with Gasteiger partial charge in [0, 0.05) is 19.5 Å². The number of hydrogen-bond acceptors (Lipinski definition) is 7. The molecule has 3 amide bonds. The number of aliphatic carboxylic acids is 2. The van der Waals surface area contributed by atoms with Gasteiger partial charge in [-0.15, -0.1) is 0 Å². The molecule has 12 heteroatoms. The molecule has 0 bridgehead atoms. The Hall–Kier alpha value is -4.16. The summed E-state index contributed by atoms with van der Waals surface area (Å²) in [6.45, 7) is 6.38. The van der Waals surface area contributed by atoms with Gasteiger partial charge in [0.2, 0.25) is 17.7 Å². The number of carbonyl (C=O) groups is 6. The molecule has 0 radical (unpaired) electrons. The lowest BCUT2D eigenvalue weighted by Gasteiger charge is -2.26. The van der Waals surface area contributed by atoms with E-state index in [2.05, 4.69) is 46.2 Å². The largest absolute Gasteiger partial charge is 0.480 e. The van der Waals surface area contributed by atoms with Gasteiger partial charge in [-0.1, -0.05) is 25.3 Å². The first-order valence-electron chi connectivity index (χ1n) is 13.6. The lowest BCUT2D eigenvalue weighted by Crippen LogP contribution is -2.47. The molecule has 0 saturated carbocycles. The number of nitrogens with one attached hydrogen (secondary N) is 3. The quantitative estimate of drug-likeness (QED) is 0.0754. The number of Topliss-reactive ketones (excluding diaryl/α,β-unsaturated/α-hetero) is 1. The van der Waals surface area contributed by atoms with Crippen molar-refractivity contribution < 1.29 is 39.0 Å². The summed E-state index contributed by atoms with van der Waals surface area (Å²) in [5.74, 6) is 6.92. The van der Waals surface area contributed by atoms with Crippen molar-refractivity contribution in [3.8, 4) is 23.7 Å². The van der Waals surface area contributed by atoms with Gasteiger partial charge in [-0.25, -0.2) is 0 Å². The summed E-state index contributed by atoms with van der Waals surface area (Å²) in [6, 6.07) is -1.98. The van der Waals surface area contributed by atoms with E-state index in [4.69, 9.17) is 5.11 Å². The Bertz CT molecular complexity index is 1020. The van der Waals surface area contributed by atoms with Crippen LogP contribution >= 0.6 is 0 Å². The van der Waals surface area contributed by atoms with Crippen LogP contribution in [0.2, 0.25) is 0 Å². The fourth-order valence-corrected chi connectivity index (χ4v) is 3.66. The summed E-state index contributed by atoms with van der Waals surface area (Å²) < 4.78 is 0. The average Bonchev–Trinajstić information content (AvgIpc) is 2.90. The van der Waals surface area contributed by atoms with E-state index in [1.807, 2.05) is 6.92 Å². The number of carbonyl (C=O) groups excluding carboxylic acids is 4. The van der Waals surface area contributed by atoms with E-state index in [-0.39, 0.29) is 37.6 Å². The van der Waals surface area contributed by atoms with Crippen molar-refractivity contribution in [1.82, 2.24) is 20.9 Å². The second-order valence-electron chi connectivity index (χ2n) is 9.28. The van der Waals surface area contributed by atoms with Crippen molar-refractivity contribution in [3.05, 3.63) is 12.7 Å². The fourth-order valence-electron chi connectivity index (χ4n) is 3.66. The maximum Gasteiger partial charge on any atom is 0.320 e. The second kappa shape index (κ2) is 22.6. The predicted molar refractivity (Wildman–Crippen MR) is 152 cm³/mol. The third-order valence-corrected chi connectivity index (χ3v) is 5.62. The van der Waals surface area contributed by atoms with Crippen LogP contribution in [-0.2, 0) is 28.8 Å². The first-order chi connectivity index (χ1) is 19.5. The van der Waals surface area contributed by atoms with Gasteiger partial charge in [-0.05, 0) is 69.8 Å². The Morgan fingerprint density at radius 3 is 2.12 bits per heavy atom. The molecule has 0 rings (SSSR count). The smallest absolute Gasteiger partial charge is 0.320 e. The number of rotatable bonds is 21. The summed E-state index contributed by atoms with van der Waals surface area (Å²) in [6.07, 6.45) is 5.10. The van der Waals surface area contributed by atoms with Crippen LogP contribution in [0, 0.1) is 23.7 Å². The normalized spacial score (nSPS) is 11.5. The molecular formula is C29H42N4O8. The van der Waals surface area contributed by atoms with Crippen LogP contribution in [0.5, 0.6) is 0 Å². The zero-order chi connectivity index (χ0) is 31.0. The van der Waals surface area contributed by atoms with Gasteiger partial charge in [0.1, 0.15) is 17.9 Å². The topological polar surface area (TPSA) is 182 Å². The van der Waals surface area contributed by atoms with Crippen LogP contribution in [0.25, 0.3) is 0 Å². The molecule has 12 nitrogen and oxygen atoms in total. The SMILES string of the molecule is C=CC(=O)NC(CCCCNC(=O)CC#CC#CCCC)C(=O)NCCCCC(C(=O)O)N(CC(C)=O)CC(=O)O. The Morgan fingerprint density at radius 1 is 0.902 bits per heavy atom. The first kappa shape index (κ1) is 36.8. The third kappa shape index (κ3) is 19.5. The lowest BCUT2D eigenvalue weighted by molar-refractivity contribution is -0.147. The molecule has 0 aromatic heterocycles. The van der Waals surface area contributed by atoms with E-state index in [0.717, 1.165) is 23.8 Å². The van der Waals surface area contributed by atoms with Crippen molar-refractivity contribution in [2.75, 3.05) is 26.2 Å². The molecule has 41 heavy (non-hydrogen) atoms. The van der Waals surface area contributed by atoms with E-state index < -0.39 is 42.4 Å². The van der Waals surface area contributed by atoms with Crippen molar-refractivity contribution in [1.29, 1.82) is 0 Å². The number of ketones is 1. The van der Waals surface area contributed by atoms with Crippen LogP contribution in [0.1, 0.15) is 71.6 Å². The van der Waals surface area contributed by atoms with Gasteiger partial charge in [-0.2, -0.15) is 0 Å². The van der Waals surface area contributed by atoms with Crippen LogP contribution in [0.4, 0.5) is 0 Å². The summed E-state index contributed by atoms with van der Waals surface area (Å²) in [5.41, 5.74) is 0. The van der Waals surface area contributed by atoms with Gasteiger partial charge in [0.15, 0.2) is 0 Å². The molecular weight excluding hydrogens is 532 g/mol. The van der Waals surface area contributed by atoms with Gasteiger partial charge in [-0.3, -0.25) is 33.7 Å².